The van der Waals surface area contributed by atoms with E-state index in [9.17, 15) is 0 Å². The summed E-state index contributed by atoms with van der Waals surface area (Å²) < 4.78 is 0. The highest BCUT2D eigenvalue weighted by atomic mass is 15.2. The Kier molecular flexibility index (Phi) is 3.38. The number of hydrogen-bond donors (Lipinski definition) is 0. The van der Waals surface area contributed by atoms with E-state index in [1.807, 2.05) is 44.1 Å². The standard InChI is InChI=1S/C14H17N3/c1-4-8-13-15-12-10-7-5-6-9-11(12)14(16-13)17(2)3/h4-9H,10H2,1-3H3/b8-4+. The second kappa shape index (κ2) is 4.95. The molecule has 0 aliphatic heterocycles. The molecule has 0 bridgehead atoms. The lowest BCUT2D eigenvalue weighted by molar-refractivity contribution is 0.974. The Morgan fingerprint density at radius 1 is 1.24 bits per heavy atom. The van der Waals surface area contributed by atoms with E-state index in [4.69, 9.17) is 0 Å². The van der Waals surface area contributed by atoms with Crippen LogP contribution in [0.2, 0.25) is 0 Å². The Bertz CT molecular complexity index is 496. The molecule has 2 rings (SSSR count). The molecule has 0 amide bonds. The average Bonchev–Trinajstić information content (AvgIpc) is 2.53. The van der Waals surface area contributed by atoms with Crippen molar-refractivity contribution in [3.63, 3.8) is 0 Å². The van der Waals surface area contributed by atoms with Crippen molar-refractivity contribution in [2.75, 3.05) is 19.0 Å². The van der Waals surface area contributed by atoms with E-state index in [0.717, 1.165) is 29.3 Å². The first kappa shape index (κ1) is 11.6. The zero-order valence-electron chi connectivity index (χ0n) is 10.5. The minimum Gasteiger partial charge on any atom is -0.362 e. The maximum Gasteiger partial charge on any atom is 0.154 e. The fourth-order valence-corrected chi connectivity index (χ4v) is 1.82. The number of nitrogens with zero attached hydrogens (tertiary/aromatic N) is 3. The van der Waals surface area contributed by atoms with Crippen LogP contribution in [-0.2, 0) is 6.42 Å². The van der Waals surface area contributed by atoms with Crippen LogP contribution < -0.4 is 4.90 Å². The third kappa shape index (κ3) is 2.44. The molecule has 1 heterocycles. The normalized spacial score (nSPS) is 13.8. The maximum absolute atomic E-state index is 4.58. The summed E-state index contributed by atoms with van der Waals surface area (Å²) >= 11 is 0. The van der Waals surface area contributed by atoms with E-state index in [2.05, 4.69) is 28.2 Å². The monoisotopic (exact) mass is 227 g/mol. The topological polar surface area (TPSA) is 29.0 Å². The Balaban J connectivity index is 2.60. The summed E-state index contributed by atoms with van der Waals surface area (Å²) in [5.41, 5.74) is 2.20. The zero-order chi connectivity index (χ0) is 12.3. The summed E-state index contributed by atoms with van der Waals surface area (Å²) in [7, 11) is 4.02. The van der Waals surface area contributed by atoms with Crippen molar-refractivity contribution in [2.24, 2.45) is 0 Å². The summed E-state index contributed by atoms with van der Waals surface area (Å²) in [6.45, 7) is 1.98. The Labute approximate surface area is 102 Å². The highest BCUT2D eigenvalue weighted by Crippen LogP contribution is 2.23. The molecule has 88 valence electrons. The molecule has 0 unspecified atom stereocenters. The van der Waals surface area contributed by atoms with Gasteiger partial charge >= 0.3 is 0 Å². The second-order valence-corrected chi connectivity index (χ2v) is 4.15. The van der Waals surface area contributed by atoms with E-state index in [-0.39, 0.29) is 0 Å². The van der Waals surface area contributed by atoms with Gasteiger partial charge in [-0.25, -0.2) is 9.97 Å². The third-order valence-corrected chi connectivity index (χ3v) is 2.58. The van der Waals surface area contributed by atoms with Crippen molar-refractivity contribution < 1.29 is 0 Å². The van der Waals surface area contributed by atoms with Gasteiger partial charge in [-0.1, -0.05) is 24.3 Å². The first-order valence-electron chi connectivity index (χ1n) is 5.76. The molecule has 1 aromatic rings. The Morgan fingerprint density at radius 3 is 2.76 bits per heavy atom. The molecule has 0 radical (unpaired) electrons. The van der Waals surface area contributed by atoms with E-state index < -0.39 is 0 Å². The number of anilines is 1. The number of rotatable bonds is 2. The van der Waals surface area contributed by atoms with E-state index in [1.54, 1.807) is 0 Å². The van der Waals surface area contributed by atoms with Crippen LogP contribution in [0, 0.1) is 0 Å². The van der Waals surface area contributed by atoms with Crippen LogP contribution in [0.1, 0.15) is 24.0 Å². The molecule has 0 fully saturated rings. The van der Waals surface area contributed by atoms with Crippen LogP contribution in [0.25, 0.3) is 12.2 Å². The minimum absolute atomic E-state index is 0.777. The van der Waals surface area contributed by atoms with Crippen molar-refractivity contribution in [3.05, 3.63) is 41.4 Å². The van der Waals surface area contributed by atoms with Gasteiger partial charge in [-0.2, -0.15) is 0 Å². The number of fused-ring (bicyclic) bond motifs is 1. The molecule has 3 nitrogen and oxygen atoms in total. The van der Waals surface area contributed by atoms with Gasteiger partial charge in [0.25, 0.3) is 0 Å². The Hall–Kier alpha value is -1.90. The van der Waals surface area contributed by atoms with Crippen LogP contribution in [0.4, 0.5) is 5.82 Å². The predicted octanol–water partition coefficient (Wildman–Crippen LogP) is 2.70. The van der Waals surface area contributed by atoms with Gasteiger partial charge < -0.3 is 4.90 Å². The molecular formula is C14H17N3. The molecule has 0 atom stereocenters. The summed E-state index contributed by atoms with van der Waals surface area (Å²) in [5, 5.41) is 0. The maximum atomic E-state index is 4.58. The molecule has 1 aliphatic rings. The number of allylic oxidation sites excluding steroid dienone is 4. The van der Waals surface area contributed by atoms with E-state index >= 15 is 0 Å². The van der Waals surface area contributed by atoms with Crippen molar-refractivity contribution in [3.8, 4) is 0 Å². The van der Waals surface area contributed by atoms with Gasteiger partial charge in [-0.3, -0.25) is 0 Å². The van der Waals surface area contributed by atoms with E-state index in [0.29, 0.717) is 0 Å². The number of hydrogen-bond acceptors (Lipinski definition) is 3. The van der Waals surface area contributed by atoms with Crippen LogP contribution >= 0.6 is 0 Å². The lowest BCUT2D eigenvalue weighted by atomic mass is 10.1. The second-order valence-electron chi connectivity index (χ2n) is 4.15. The van der Waals surface area contributed by atoms with Gasteiger partial charge in [0.2, 0.25) is 0 Å². The first-order valence-corrected chi connectivity index (χ1v) is 5.76. The molecule has 0 N–H and O–H groups in total. The van der Waals surface area contributed by atoms with Crippen LogP contribution in [0.3, 0.4) is 0 Å². The summed E-state index contributed by atoms with van der Waals surface area (Å²) in [4.78, 5) is 11.2. The third-order valence-electron chi connectivity index (χ3n) is 2.58. The zero-order valence-corrected chi connectivity index (χ0v) is 10.5. The van der Waals surface area contributed by atoms with Crippen LogP contribution in [0.5, 0.6) is 0 Å². The summed E-state index contributed by atoms with van der Waals surface area (Å²) in [6.07, 6.45) is 13.0. The summed E-state index contributed by atoms with van der Waals surface area (Å²) in [6, 6.07) is 0. The van der Waals surface area contributed by atoms with Gasteiger partial charge in [0.05, 0.1) is 5.69 Å². The fraction of sp³-hybridized carbons (Fsp3) is 0.286. The van der Waals surface area contributed by atoms with Crippen molar-refractivity contribution in [1.29, 1.82) is 0 Å². The molecule has 0 spiro atoms. The van der Waals surface area contributed by atoms with Crippen LogP contribution in [-0.4, -0.2) is 24.1 Å². The quantitative estimate of drug-likeness (QED) is 0.778. The molecule has 17 heavy (non-hydrogen) atoms. The Morgan fingerprint density at radius 2 is 2.06 bits per heavy atom. The van der Waals surface area contributed by atoms with Crippen LogP contribution in [0.15, 0.2) is 24.3 Å². The van der Waals surface area contributed by atoms with Gasteiger partial charge in [0.1, 0.15) is 5.82 Å². The smallest absolute Gasteiger partial charge is 0.154 e. The minimum atomic E-state index is 0.777. The van der Waals surface area contributed by atoms with Crippen molar-refractivity contribution in [1.82, 2.24) is 9.97 Å². The summed E-state index contributed by atoms with van der Waals surface area (Å²) in [5.74, 6) is 1.75. The molecule has 0 aromatic carbocycles. The molecule has 0 saturated heterocycles. The SMILES string of the molecule is C/C=C/c1nc2c(c(N(C)C)n1)C=CC=CC2. The average molecular weight is 227 g/mol. The van der Waals surface area contributed by atoms with Gasteiger partial charge in [-0.15, -0.1) is 0 Å². The molecule has 1 aliphatic carbocycles. The van der Waals surface area contributed by atoms with Crippen molar-refractivity contribution >= 4 is 18.0 Å². The van der Waals surface area contributed by atoms with Gasteiger partial charge in [0, 0.05) is 26.1 Å². The largest absolute Gasteiger partial charge is 0.362 e. The van der Waals surface area contributed by atoms with Gasteiger partial charge in [-0.05, 0) is 19.1 Å². The lowest BCUT2D eigenvalue weighted by Gasteiger charge is -2.16. The predicted molar refractivity (Wildman–Crippen MR) is 72.9 cm³/mol. The highest BCUT2D eigenvalue weighted by molar-refractivity contribution is 5.68. The highest BCUT2D eigenvalue weighted by Gasteiger charge is 2.12. The first-order chi connectivity index (χ1) is 8.22. The molecule has 0 saturated carbocycles. The fourth-order valence-electron chi connectivity index (χ4n) is 1.82. The van der Waals surface area contributed by atoms with Gasteiger partial charge in [0.15, 0.2) is 5.82 Å². The van der Waals surface area contributed by atoms with Crippen molar-refractivity contribution in [2.45, 2.75) is 13.3 Å². The van der Waals surface area contributed by atoms with E-state index in [1.165, 1.54) is 0 Å². The lowest BCUT2D eigenvalue weighted by Crippen LogP contribution is -2.15. The molecule has 1 aromatic heterocycles. The number of aromatic nitrogens is 2. The molecule has 3 heteroatoms. The molecular weight excluding hydrogens is 210 g/mol.